The fourth-order valence-corrected chi connectivity index (χ4v) is 1.36. The molecule has 1 aromatic rings. The van der Waals surface area contributed by atoms with Gasteiger partial charge in [-0.05, 0) is 13.8 Å². The molecule has 0 radical (unpaired) electrons. The van der Waals surface area contributed by atoms with Crippen molar-refractivity contribution in [3.05, 3.63) is 17.0 Å². The second-order valence-electron chi connectivity index (χ2n) is 3.52. The van der Waals surface area contributed by atoms with Crippen molar-refractivity contribution in [2.24, 2.45) is 0 Å². The van der Waals surface area contributed by atoms with Gasteiger partial charge in [0.25, 0.3) is 5.91 Å². The molecule has 0 spiro atoms. The van der Waals surface area contributed by atoms with Crippen molar-refractivity contribution in [3.8, 4) is 0 Å². The maximum atomic E-state index is 11.7. The van der Waals surface area contributed by atoms with Crippen LogP contribution in [-0.4, -0.2) is 42.5 Å². The molecule has 0 bridgehead atoms. The van der Waals surface area contributed by atoms with E-state index in [1.54, 1.807) is 13.8 Å². The number of methoxy groups -OCH3 is 1. The molecule has 1 unspecified atom stereocenters. The molecule has 6 nitrogen and oxygen atoms in total. The third kappa shape index (κ3) is 3.04. The Morgan fingerprint density at radius 2 is 2.31 bits per heavy atom. The number of carbonyl (C=O) groups excluding carboxylic acids is 1. The van der Waals surface area contributed by atoms with Gasteiger partial charge in [0.15, 0.2) is 0 Å². The summed E-state index contributed by atoms with van der Waals surface area (Å²) in [5, 5.41) is 15.6. The van der Waals surface area contributed by atoms with Gasteiger partial charge in [-0.2, -0.15) is 0 Å². The Kier molecular flexibility index (Phi) is 4.45. The number of hydrogen-bond acceptors (Lipinski definition) is 5. The summed E-state index contributed by atoms with van der Waals surface area (Å²) in [5.41, 5.74) is 0.959. The SMILES string of the molecule is COCC(O)CNC(=O)c1c(C)noc1C. The minimum absolute atomic E-state index is 0.136. The number of ether oxygens (including phenoxy) is 1. The van der Waals surface area contributed by atoms with Gasteiger partial charge in [0.05, 0.1) is 18.4 Å². The second-order valence-corrected chi connectivity index (χ2v) is 3.52. The van der Waals surface area contributed by atoms with Crippen LogP contribution in [0.5, 0.6) is 0 Å². The minimum atomic E-state index is -0.713. The smallest absolute Gasteiger partial charge is 0.256 e. The van der Waals surface area contributed by atoms with Gasteiger partial charge in [-0.25, -0.2) is 0 Å². The Morgan fingerprint density at radius 1 is 1.62 bits per heavy atom. The molecule has 0 saturated carbocycles. The minimum Gasteiger partial charge on any atom is -0.389 e. The van der Waals surface area contributed by atoms with Gasteiger partial charge in [-0.3, -0.25) is 4.79 Å². The average molecular weight is 228 g/mol. The van der Waals surface area contributed by atoms with Crippen LogP contribution in [0.15, 0.2) is 4.52 Å². The molecule has 0 aliphatic carbocycles. The van der Waals surface area contributed by atoms with Crippen LogP contribution in [0.25, 0.3) is 0 Å². The van der Waals surface area contributed by atoms with Crippen molar-refractivity contribution in [1.29, 1.82) is 0 Å². The lowest BCUT2D eigenvalue weighted by Crippen LogP contribution is -2.34. The van der Waals surface area contributed by atoms with E-state index in [9.17, 15) is 9.90 Å². The summed E-state index contributed by atoms with van der Waals surface area (Å²) in [4.78, 5) is 11.7. The molecule has 0 fully saturated rings. The molecule has 1 amide bonds. The van der Waals surface area contributed by atoms with E-state index in [1.807, 2.05) is 0 Å². The number of carbonyl (C=O) groups is 1. The summed E-state index contributed by atoms with van der Waals surface area (Å²) in [6.45, 7) is 3.68. The molecule has 0 aromatic carbocycles. The van der Waals surface area contributed by atoms with E-state index < -0.39 is 6.10 Å². The summed E-state index contributed by atoms with van der Waals surface area (Å²) in [6, 6.07) is 0. The first-order chi connectivity index (χ1) is 7.56. The number of nitrogens with zero attached hydrogens (tertiary/aromatic N) is 1. The summed E-state index contributed by atoms with van der Waals surface area (Å²) in [7, 11) is 1.49. The maximum absolute atomic E-state index is 11.7. The highest BCUT2D eigenvalue weighted by molar-refractivity contribution is 5.96. The number of aryl methyl sites for hydroxylation is 2. The lowest BCUT2D eigenvalue weighted by molar-refractivity contribution is 0.0609. The first kappa shape index (κ1) is 12.7. The van der Waals surface area contributed by atoms with Crippen molar-refractivity contribution in [3.63, 3.8) is 0 Å². The van der Waals surface area contributed by atoms with Gasteiger partial charge in [0, 0.05) is 13.7 Å². The lowest BCUT2D eigenvalue weighted by atomic mass is 10.2. The van der Waals surface area contributed by atoms with Gasteiger partial charge >= 0.3 is 0 Å². The Hall–Kier alpha value is -1.40. The fraction of sp³-hybridized carbons (Fsp3) is 0.600. The topological polar surface area (TPSA) is 84.6 Å². The van der Waals surface area contributed by atoms with Crippen molar-refractivity contribution < 1.29 is 19.2 Å². The summed E-state index contributed by atoms with van der Waals surface area (Å²) < 4.78 is 9.61. The molecule has 0 aliphatic rings. The van der Waals surface area contributed by atoms with Crippen LogP contribution < -0.4 is 5.32 Å². The molecule has 1 heterocycles. The molecule has 16 heavy (non-hydrogen) atoms. The summed E-state index contributed by atoms with van der Waals surface area (Å²) in [6.07, 6.45) is -0.713. The van der Waals surface area contributed by atoms with Crippen LogP contribution in [0.2, 0.25) is 0 Å². The number of hydrogen-bond donors (Lipinski definition) is 2. The van der Waals surface area contributed by atoms with E-state index in [1.165, 1.54) is 7.11 Å². The largest absolute Gasteiger partial charge is 0.389 e. The predicted molar refractivity (Wildman–Crippen MR) is 56.2 cm³/mol. The number of rotatable bonds is 5. The Balaban J connectivity index is 2.53. The Bertz CT molecular complexity index is 342. The zero-order valence-corrected chi connectivity index (χ0v) is 9.61. The number of nitrogens with one attached hydrogen (secondary N) is 1. The Labute approximate surface area is 93.6 Å². The molecule has 1 atom stereocenters. The van der Waals surface area contributed by atoms with E-state index in [0.29, 0.717) is 17.0 Å². The van der Waals surface area contributed by atoms with E-state index in [4.69, 9.17) is 9.26 Å². The molecule has 0 saturated heterocycles. The zero-order valence-electron chi connectivity index (χ0n) is 9.61. The highest BCUT2D eigenvalue weighted by atomic mass is 16.5. The normalized spacial score (nSPS) is 12.5. The Morgan fingerprint density at radius 3 is 2.81 bits per heavy atom. The van der Waals surface area contributed by atoms with Gasteiger partial charge in [0.2, 0.25) is 0 Å². The zero-order chi connectivity index (χ0) is 12.1. The molecular formula is C10H16N2O4. The van der Waals surface area contributed by atoms with Crippen molar-refractivity contribution in [2.45, 2.75) is 20.0 Å². The average Bonchev–Trinajstić information content (AvgIpc) is 2.56. The predicted octanol–water partition coefficient (Wildman–Crippen LogP) is 0.0285. The third-order valence-corrected chi connectivity index (χ3v) is 2.12. The molecule has 90 valence electrons. The number of amides is 1. The number of aliphatic hydroxyl groups excluding tert-OH is 1. The summed E-state index contributed by atoms with van der Waals surface area (Å²) >= 11 is 0. The first-order valence-electron chi connectivity index (χ1n) is 4.94. The fourth-order valence-electron chi connectivity index (χ4n) is 1.36. The highest BCUT2D eigenvalue weighted by Crippen LogP contribution is 2.11. The van der Waals surface area contributed by atoms with Crippen molar-refractivity contribution in [2.75, 3.05) is 20.3 Å². The molecule has 0 aliphatic heterocycles. The van der Waals surface area contributed by atoms with Gasteiger partial charge in [-0.1, -0.05) is 5.16 Å². The monoisotopic (exact) mass is 228 g/mol. The maximum Gasteiger partial charge on any atom is 0.256 e. The van der Waals surface area contributed by atoms with Gasteiger partial charge < -0.3 is 19.7 Å². The van der Waals surface area contributed by atoms with E-state index in [0.717, 1.165) is 0 Å². The number of aliphatic hydroxyl groups is 1. The van der Waals surface area contributed by atoms with Crippen LogP contribution in [0.3, 0.4) is 0 Å². The van der Waals surface area contributed by atoms with Crippen molar-refractivity contribution >= 4 is 5.91 Å². The van der Waals surface area contributed by atoms with E-state index >= 15 is 0 Å². The summed E-state index contributed by atoms with van der Waals surface area (Å²) in [5.74, 6) is 0.169. The molecule has 6 heteroatoms. The standard InChI is InChI=1S/C10H16N2O4/c1-6-9(7(2)16-12-6)10(14)11-4-8(13)5-15-3/h8,13H,4-5H2,1-3H3,(H,11,14). The number of aromatic nitrogens is 1. The first-order valence-corrected chi connectivity index (χ1v) is 4.94. The molecular weight excluding hydrogens is 212 g/mol. The molecule has 2 N–H and O–H groups in total. The van der Waals surface area contributed by atoms with Crippen molar-refractivity contribution in [1.82, 2.24) is 10.5 Å². The lowest BCUT2D eigenvalue weighted by Gasteiger charge is -2.10. The van der Waals surface area contributed by atoms with E-state index in [-0.39, 0.29) is 19.1 Å². The van der Waals surface area contributed by atoms with E-state index in [2.05, 4.69) is 10.5 Å². The van der Waals surface area contributed by atoms with Crippen LogP contribution in [0, 0.1) is 13.8 Å². The van der Waals surface area contributed by atoms with Crippen LogP contribution in [0.4, 0.5) is 0 Å². The van der Waals surface area contributed by atoms with Crippen LogP contribution in [0.1, 0.15) is 21.8 Å². The molecule has 1 rings (SSSR count). The third-order valence-electron chi connectivity index (χ3n) is 2.12. The van der Waals surface area contributed by atoms with Gasteiger partial charge in [-0.15, -0.1) is 0 Å². The van der Waals surface area contributed by atoms with Crippen LogP contribution >= 0.6 is 0 Å². The quantitative estimate of drug-likeness (QED) is 0.742. The molecule has 1 aromatic heterocycles. The highest BCUT2D eigenvalue weighted by Gasteiger charge is 2.17. The van der Waals surface area contributed by atoms with Crippen LogP contribution in [-0.2, 0) is 4.74 Å². The second kappa shape index (κ2) is 5.62. The van der Waals surface area contributed by atoms with Gasteiger partial charge in [0.1, 0.15) is 11.3 Å².